The smallest absolute Gasteiger partial charge is 0.258 e. The Hall–Kier alpha value is -2.89. The van der Waals surface area contributed by atoms with Gasteiger partial charge in [-0.2, -0.15) is 0 Å². The molecule has 1 atom stereocenters. The molecule has 1 fully saturated rings. The number of fused-ring (bicyclic) bond motifs is 1. The summed E-state index contributed by atoms with van der Waals surface area (Å²) in [5.41, 5.74) is 3.70. The van der Waals surface area contributed by atoms with Crippen LogP contribution in [0, 0.1) is 6.92 Å². The number of aromatic nitrogens is 2. The number of hydrogen-bond acceptors (Lipinski definition) is 5. The molecular formula is C21H23N3O3. The first kappa shape index (κ1) is 17.5. The van der Waals surface area contributed by atoms with E-state index < -0.39 is 0 Å². The summed E-state index contributed by atoms with van der Waals surface area (Å²) < 4.78 is 10.7. The predicted octanol–water partition coefficient (Wildman–Crippen LogP) is 4.08. The van der Waals surface area contributed by atoms with Crippen molar-refractivity contribution in [2.24, 2.45) is 0 Å². The second kappa shape index (κ2) is 7.02. The fourth-order valence-corrected chi connectivity index (χ4v) is 3.86. The van der Waals surface area contributed by atoms with Gasteiger partial charge in [0.25, 0.3) is 11.6 Å². The molecule has 4 rings (SSSR count). The van der Waals surface area contributed by atoms with E-state index in [9.17, 15) is 4.79 Å². The van der Waals surface area contributed by atoms with Crippen molar-refractivity contribution >= 4 is 17.0 Å². The average Bonchev–Trinajstić information content (AvgIpc) is 3.34. The molecule has 0 N–H and O–H groups in total. The van der Waals surface area contributed by atoms with Gasteiger partial charge in [0.15, 0.2) is 0 Å². The maximum absolute atomic E-state index is 13.5. The van der Waals surface area contributed by atoms with Crippen LogP contribution < -0.4 is 4.74 Å². The molecular weight excluding hydrogens is 342 g/mol. The number of benzene rings is 1. The van der Waals surface area contributed by atoms with Crippen LogP contribution in [0.3, 0.4) is 0 Å². The van der Waals surface area contributed by atoms with E-state index in [0.29, 0.717) is 22.4 Å². The highest BCUT2D eigenvalue weighted by atomic mass is 16.5. The molecule has 2 aromatic heterocycles. The van der Waals surface area contributed by atoms with Crippen molar-refractivity contribution < 1.29 is 14.1 Å². The van der Waals surface area contributed by atoms with Crippen molar-refractivity contribution in [2.45, 2.75) is 39.2 Å². The third-order valence-electron chi connectivity index (χ3n) is 5.26. The number of pyridine rings is 1. The summed E-state index contributed by atoms with van der Waals surface area (Å²) in [7, 11) is 1.66. The van der Waals surface area contributed by atoms with Crippen LogP contribution in [0.5, 0.6) is 5.75 Å². The lowest BCUT2D eigenvalue weighted by Gasteiger charge is -2.26. The molecule has 27 heavy (non-hydrogen) atoms. The molecule has 3 heterocycles. The molecule has 3 aromatic rings. The third kappa shape index (κ3) is 3.05. The highest BCUT2D eigenvalue weighted by Crippen LogP contribution is 2.35. The number of aryl methyl sites for hydroxylation is 2. The number of methoxy groups -OCH3 is 1. The second-order valence-corrected chi connectivity index (χ2v) is 6.90. The zero-order valence-corrected chi connectivity index (χ0v) is 15.9. The topological polar surface area (TPSA) is 68.5 Å². The number of carbonyl (C=O) groups excluding carboxylic acids is 1. The fraction of sp³-hybridized carbons (Fsp3) is 0.381. The summed E-state index contributed by atoms with van der Waals surface area (Å²) in [4.78, 5) is 19.9. The largest absolute Gasteiger partial charge is 0.497 e. The molecule has 1 amide bonds. The number of rotatable bonds is 4. The van der Waals surface area contributed by atoms with Gasteiger partial charge >= 0.3 is 0 Å². The normalized spacial score (nSPS) is 16.9. The monoisotopic (exact) mass is 365 g/mol. The molecule has 0 saturated carbocycles. The van der Waals surface area contributed by atoms with Crippen molar-refractivity contribution in [1.82, 2.24) is 15.0 Å². The lowest BCUT2D eigenvalue weighted by Crippen LogP contribution is -2.31. The number of ether oxygens (including phenoxy) is 1. The summed E-state index contributed by atoms with van der Waals surface area (Å²) in [6.45, 7) is 4.59. The maximum atomic E-state index is 13.5. The predicted molar refractivity (Wildman–Crippen MR) is 102 cm³/mol. The van der Waals surface area contributed by atoms with E-state index in [1.165, 1.54) is 0 Å². The van der Waals surface area contributed by atoms with Crippen molar-refractivity contribution in [1.29, 1.82) is 0 Å². The Morgan fingerprint density at radius 1 is 1.37 bits per heavy atom. The van der Waals surface area contributed by atoms with Crippen LogP contribution in [-0.4, -0.2) is 34.6 Å². The van der Waals surface area contributed by atoms with Gasteiger partial charge in [-0.25, -0.2) is 4.98 Å². The molecule has 0 aliphatic carbocycles. The van der Waals surface area contributed by atoms with E-state index in [1.807, 2.05) is 43.0 Å². The molecule has 1 aromatic carbocycles. The van der Waals surface area contributed by atoms with Crippen LogP contribution >= 0.6 is 0 Å². The van der Waals surface area contributed by atoms with Crippen molar-refractivity contribution in [3.63, 3.8) is 0 Å². The van der Waals surface area contributed by atoms with E-state index in [4.69, 9.17) is 9.26 Å². The standard InChI is InChI=1S/C21H23N3O3/c1-4-15-12-17(19-13(2)23-27-20(19)22-15)21(25)24-10-6-9-18(24)14-7-5-8-16(11-14)26-3/h5,7-8,11-12,18H,4,6,9-10H2,1-3H3. The summed E-state index contributed by atoms with van der Waals surface area (Å²) >= 11 is 0. The molecule has 1 aliphatic rings. The minimum atomic E-state index is 0.00807. The Kier molecular flexibility index (Phi) is 4.56. The first-order chi connectivity index (χ1) is 13.1. The van der Waals surface area contributed by atoms with Crippen LogP contribution in [0.4, 0.5) is 0 Å². The van der Waals surface area contributed by atoms with Gasteiger partial charge in [0, 0.05) is 12.2 Å². The molecule has 1 saturated heterocycles. The molecule has 0 radical (unpaired) electrons. The van der Waals surface area contributed by atoms with Crippen LogP contribution in [-0.2, 0) is 6.42 Å². The van der Waals surface area contributed by atoms with Gasteiger partial charge in [0.2, 0.25) is 0 Å². The summed E-state index contributed by atoms with van der Waals surface area (Å²) in [5, 5.41) is 4.73. The summed E-state index contributed by atoms with van der Waals surface area (Å²) in [6.07, 6.45) is 2.65. The zero-order valence-electron chi connectivity index (χ0n) is 15.9. The van der Waals surface area contributed by atoms with E-state index in [0.717, 1.165) is 42.8 Å². The number of nitrogens with zero attached hydrogens (tertiary/aromatic N) is 3. The van der Waals surface area contributed by atoms with Crippen LogP contribution in [0.15, 0.2) is 34.9 Å². The van der Waals surface area contributed by atoms with Gasteiger partial charge in [-0.3, -0.25) is 4.79 Å². The van der Waals surface area contributed by atoms with Crippen molar-refractivity contribution in [3.05, 3.63) is 52.8 Å². The molecule has 1 unspecified atom stereocenters. The van der Waals surface area contributed by atoms with Crippen LogP contribution in [0.2, 0.25) is 0 Å². The van der Waals surface area contributed by atoms with Crippen molar-refractivity contribution in [3.8, 4) is 5.75 Å². The molecule has 6 heteroatoms. The minimum Gasteiger partial charge on any atom is -0.497 e. The Labute approximate surface area is 158 Å². The number of hydrogen-bond donors (Lipinski definition) is 0. The minimum absolute atomic E-state index is 0.00807. The van der Waals surface area contributed by atoms with Crippen LogP contribution in [0.1, 0.15) is 53.1 Å². The quantitative estimate of drug-likeness (QED) is 0.697. The van der Waals surface area contributed by atoms with E-state index in [1.54, 1.807) is 7.11 Å². The van der Waals surface area contributed by atoms with Gasteiger partial charge in [-0.1, -0.05) is 24.2 Å². The Morgan fingerprint density at radius 2 is 2.22 bits per heavy atom. The van der Waals surface area contributed by atoms with Crippen LogP contribution in [0.25, 0.3) is 11.1 Å². The third-order valence-corrected chi connectivity index (χ3v) is 5.26. The van der Waals surface area contributed by atoms with Crippen molar-refractivity contribution in [2.75, 3.05) is 13.7 Å². The number of likely N-dealkylation sites (tertiary alicyclic amines) is 1. The van der Waals surface area contributed by atoms with E-state index in [-0.39, 0.29) is 11.9 Å². The highest BCUT2D eigenvalue weighted by molar-refractivity contribution is 6.06. The molecule has 0 bridgehead atoms. The zero-order chi connectivity index (χ0) is 19.0. The van der Waals surface area contributed by atoms with Gasteiger partial charge in [-0.15, -0.1) is 0 Å². The molecule has 0 spiro atoms. The highest BCUT2D eigenvalue weighted by Gasteiger charge is 2.32. The lowest BCUT2D eigenvalue weighted by atomic mass is 10.0. The summed E-state index contributed by atoms with van der Waals surface area (Å²) in [6, 6.07) is 9.89. The molecule has 1 aliphatic heterocycles. The van der Waals surface area contributed by atoms with Gasteiger partial charge in [-0.05, 0) is 49.9 Å². The lowest BCUT2D eigenvalue weighted by molar-refractivity contribution is 0.0737. The van der Waals surface area contributed by atoms with E-state index in [2.05, 4.69) is 16.2 Å². The fourth-order valence-electron chi connectivity index (χ4n) is 3.86. The number of carbonyl (C=O) groups is 1. The Bertz CT molecular complexity index is 996. The molecule has 140 valence electrons. The second-order valence-electron chi connectivity index (χ2n) is 6.90. The first-order valence-corrected chi connectivity index (χ1v) is 9.33. The van der Waals surface area contributed by atoms with Gasteiger partial charge in [0.05, 0.1) is 29.8 Å². The van der Waals surface area contributed by atoms with Gasteiger partial charge < -0.3 is 14.2 Å². The van der Waals surface area contributed by atoms with E-state index >= 15 is 0 Å². The SMILES string of the molecule is CCc1cc(C(=O)N2CCCC2c2cccc(OC)c2)c2c(C)noc2n1. The van der Waals surface area contributed by atoms with Gasteiger partial charge in [0.1, 0.15) is 5.75 Å². The first-order valence-electron chi connectivity index (χ1n) is 9.33. The Morgan fingerprint density at radius 3 is 3.00 bits per heavy atom. The summed E-state index contributed by atoms with van der Waals surface area (Å²) in [5.74, 6) is 0.815. The maximum Gasteiger partial charge on any atom is 0.258 e. The average molecular weight is 365 g/mol. The molecule has 6 nitrogen and oxygen atoms in total. The Balaban J connectivity index is 1.75. The number of amides is 1.